The van der Waals surface area contributed by atoms with Crippen LogP contribution in [0.1, 0.15) is 39.0 Å². The summed E-state index contributed by atoms with van der Waals surface area (Å²) in [6, 6.07) is 0. The van der Waals surface area contributed by atoms with Gasteiger partial charge in [0, 0.05) is 38.9 Å². The fourth-order valence-electron chi connectivity index (χ4n) is 3.26. The number of carbonyl (C=O) groups excluding carboxylic acids is 3. The van der Waals surface area contributed by atoms with Crippen LogP contribution in [0.15, 0.2) is 4.99 Å². The van der Waals surface area contributed by atoms with E-state index in [1.165, 1.54) is 11.8 Å². The summed E-state index contributed by atoms with van der Waals surface area (Å²) in [5.74, 6) is 0.101. The van der Waals surface area contributed by atoms with Crippen molar-refractivity contribution < 1.29 is 19.1 Å². The van der Waals surface area contributed by atoms with E-state index in [4.69, 9.17) is 16.2 Å². The van der Waals surface area contributed by atoms with Crippen LogP contribution in [0.5, 0.6) is 0 Å². The Morgan fingerprint density at radius 2 is 1.92 bits per heavy atom. The minimum atomic E-state index is -0.559. The van der Waals surface area contributed by atoms with E-state index in [-0.39, 0.29) is 24.2 Å². The van der Waals surface area contributed by atoms with Crippen molar-refractivity contribution in [1.29, 1.82) is 0 Å². The molecule has 9 nitrogen and oxygen atoms in total. The minimum Gasteiger partial charge on any atom is -0.441 e. The van der Waals surface area contributed by atoms with E-state index in [1.807, 2.05) is 4.90 Å². The van der Waals surface area contributed by atoms with E-state index < -0.39 is 11.7 Å². The van der Waals surface area contributed by atoms with Gasteiger partial charge in [0.2, 0.25) is 5.91 Å². The third kappa shape index (κ3) is 5.33. The van der Waals surface area contributed by atoms with E-state index in [0.717, 1.165) is 12.8 Å². The molecule has 0 bridgehead atoms. The monoisotopic (exact) mass is 353 g/mol. The molecule has 2 aliphatic rings. The molecule has 0 atom stereocenters. The highest BCUT2D eigenvalue weighted by Crippen LogP contribution is 2.33. The lowest BCUT2D eigenvalue weighted by Crippen LogP contribution is -2.48. The van der Waals surface area contributed by atoms with Gasteiger partial charge in [-0.1, -0.05) is 0 Å². The lowest BCUT2D eigenvalue weighted by atomic mass is 9.91. The zero-order valence-corrected chi connectivity index (χ0v) is 14.7. The lowest BCUT2D eigenvalue weighted by molar-refractivity contribution is -0.134. The van der Waals surface area contributed by atoms with Crippen LogP contribution in [0.4, 0.5) is 4.79 Å². The van der Waals surface area contributed by atoms with Gasteiger partial charge >= 0.3 is 6.09 Å². The lowest BCUT2D eigenvalue weighted by Gasteiger charge is -2.37. The van der Waals surface area contributed by atoms with Gasteiger partial charge in [-0.25, -0.2) is 4.79 Å². The number of hydrogen-bond acceptors (Lipinski definition) is 5. The van der Waals surface area contributed by atoms with Crippen LogP contribution in [0.2, 0.25) is 0 Å². The zero-order valence-electron chi connectivity index (χ0n) is 14.7. The van der Waals surface area contributed by atoms with E-state index in [1.54, 1.807) is 0 Å². The maximum absolute atomic E-state index is 12.3. The van der Waals surface area contributed by atoms with Crippen molar-refractivity contribution in [2.75, 3.05) is 32.7 Å². The maximum atomic E-state index is 12.3. The van der Waals surface area contributed by atoms with Gasteiger partial charge in [-0.3, -0.25) is 19.5 Å². The van der Waals surface area contributed by atoms with Crippen molar-refractivity contribution in [3.8, 4) is 0 Å². The summed E-state index contributed by atoms with van der Waals surface area (Å²) in [5, 5.41) is 0. The van der Waals surface area contributed by atoms with E-state index in [9.17, 15) is 14.4 Å². The van der Waals surface area contributed by atoms with Gasteiger partial charge in [0.05, 0.1) is 13.1 Å². The molecule has 0 aromatic carbocycles. The number of rotatable bonds is 7. The molecule has 25 heavy (non-hydrogen) atoms. The molecule has 0 aromatic heterocycles. The topological polar surface area (TPSA) is 131 Å². The Hall–Kier alpha value is -2.32. The fraction of sp³-hybridized carbons (Fsp3) is 0.750. The van der Waals surface area contributed by atoms with Crippen molar-refractivity contribution >= 4 is 23.7 Å². The van der Waals surface area contributed by atoms with E-state index >= 15 is 0 Å². The predicted octanol–water partition coefficient (Wildman–Crippen LogP) is -0.167. The quantitative estimate of drug-likeness (QED) is 0.371. The highest BCUT2D eigenvalue weighted by Gasteiger charge is 2.47. The third-order valence-electron chi connectivity index (χ3n) is 4.58. The van der Waals surface area contributed by atoms with Crippen LogP contribution >= 0.6 is 0 Å². The summed E-state index contributed by atoms with van der Waals surface area (Å²) in [5.41, 5.74) is 9.94. The molecule has 0 aliphatic carbocycles. The molecule has 0 radical (unpaired) electrons. The zero-order chi connectivity index (χ0) is 18.4. The van der Waals surface area contributed by atoms with Crippen LogP contribution in [-0.4, -0.2) is 71.9 Å². The molecule has 2 saturated heterocycles. The molecule has 2 aliphatic heterocycles. The first kappa shape index (κ1) is 19.0. The number of unbranched alkanes of at least 4 members (excludes halogenated alkanes) is 1. The minimum absolute atomic E-state index is 0.0672. The number of guanidine groups is 1. The molecule has 9 heteroatoms. The smallest absolute Gasteiger partial charge is 0.410 e. The molecule has 2 rings (SSSR count). The summed E-state index contributed by atoms with van der Waals surface area (Å²) in [6.07, 6.45) is 2.73. The molecular formula is C16H27N5O4. The van der Waals surface area contributed by atoms with E-state index in [0.29, 0.717) is 45.4 Å². The largest absolute Gasteiger partial charge is 0.441 e. The Bertz CT molecular complexity index is 551. The van der Waals surface area contributed by atoms with Crippen LogP contribution < -0.4 is 11.5 Å². The second-order valence-electron chi connectivity index (χ2n) is 6.75. The number of nitrogens with two attached hydrogens (primary N) is 2. The normalized spacial score (nSPS) is 19.0. The van der Waals surface area contributed by atoms with Gasteiger partial charge in [0.1, 0.15) is 11.4 Å². The molecular weight excluding hydrogens is 326 g/mol. The molecule has 0 aromatic rings. The van der Waals surface area contributed by atoms with Crippen LogP contribution in [0.3, 0.4) is 0 Å². The molecule has 4 N–H and O–H groups in total. The predicted molar refractivity (Wildman–Crippen MR) is 91.8 cm³/mol. The number of carbonyl (C=O) groups is 3. The standard InChI is InChI=1S/C16H27N5O4/c1-12(22)10-21-11-16(25-15(21)24)5-8-20(9-6-16)13(23)4-2-3-7-19-14(17)18/h2-11H2,1H3,(H4,17,18,19). The number of amides is 2. The van der Waals surface area contributed by atoms with Crippen molar-refractivity contribution in [3.63, 3.8) is 0 Å². The summed E-state index contributed by atoms with van der Waals surface area (Å²) < 4.78 is 5.53. The molecule has 2 amide bonds. The number of hydrogen-bond donors (Lipinski definition) is 2. The average Bonchev–Trinajstić information content (AvgIpc) is 2.82. The van der Waals surface area contributed by atoms with Gasteiger partial charge < -0.3 is 21.1 Å². The van der Waals surface area contributed by atoms with Crippen LogP contribution in [-0.2, 0) is 14.3 Å². The SMILES string of the molecule is CC(=O)CN1CC2(CCN(C(=O)CCCCN=C(N)N)CC2)OC1=O. The van der Waals surface area contributed by atoms with Crippen molar-refractivity contribution in [2.45, 2.75) is 44.6 Å². The Morgan fingerprint density at radius 3 is 2.52 bits per heavy atom. The van der Waals surface area contributed by atoms with Gasteiger partial charge in [-0.2, -0.15) is 0 Å². The molecule has 0 unspecified atom stereocenters. The van der Waals surface area contributed by atoms with Crippen LogP contribution in [0.25, 0.3) is 0 Å². The van der Waals surface area contributed by atoms with Gasteiger partial charge in [0.25, 0.3) is 0 Å². The highest BCUT2D eigenvalue weighted by atomic mass is 16.6. The number of aliphatic imine (C=N–C) groups is 1. The molecule has 2 fully saturated rings. The Balaban J connectivity index is 1.74. The van der Waals surface area contributed by atoms with Gasteiger partial charge in [0.15, 0.2) is 5.96 Å². The number of likely N-dealkylation sites (tertiary alicyclic amines) is 1. The Labute approximate surface area is 147 Å². The summed E-state index contributed by atoms with van der Waals surface area (Å²) in [7, 11) is 0. The number of nitrogens with zero attached hydrogens (tertiary/aromatic N) is 3. The molecule has 2 heterocycles. The number of ether oxygens (including phenoxy) is 1. The third-order valence-corrected chi connectivity index (χ3v) is 4.58. The van der Waals surface area contributed by atoms with E-state index in [2.05, 4.69) is 4.99 Å². The maximum Gasteiger partial charge on any atom is 0.410 e. The first-order valence-electron chi connectivity index (χ1n) is 8.62. The number of piperidine rings is 1. The first-order chi connectivity index (χ1) is 11.8. The summed E-state index contributed by atoms with van der Waals surface area (Å²) in [4.78, 5) is 42.5. The van der Waals surface area contributed by atoms with Crippen molar-refractivity contribution in [2.24, 2.45) is 16.5 Å². The molecule has 140 valence electrons. The molecule has 1 spiro atoms. The Kier molecular flexibility index (Phi) is 6.22. The Morgan fingerprint density at radius 1 is 1.24 bits per heavy atom. The second-order valence-corrected chi connectivity index (χ2v) is 6.75. The first-order valence-corrected chi connectivity index (χ1v) is 8.62. The van der Waals surface area contributed by atoms with Gasteiger partial charge in [-0.05, 0) is 19.8 Å². The second kappa shape index (κ2) is 8.17. The van der Waals surface area contributed by atoms with Crippen molar-refractivity contribution in [3.05, 3.63) is 0 Å². The van der Waals surface area contributed by atoms with Gasteiger partial charge in [-0.15, -0.1) is 0 Å². The summed E-state index contributed by atoms with van der Waals surface area (Å²) >= 11 is 0. The fourth-order valence-corrected chi connectivity index (χ4v) is 3.26. The highest BCUT2D eigenvalue weighted by molar-refractivity contribution is 5.83. The van der Waals surface area contributed by atoms with Crippen LogP contribution in [0, 0.1) is 0 Å². The van der Waals surface area contributed by atoms with Crippen molar-refractivity contribution in [1.82, 2.24) is 9.80 Å². The number of Topliss-reactive ketones (excluding diaryl/α,β-unsaturated/α-hetero) is 1. The molecule has 0 saturated carbocycles. The summed E-state index contributed by atoms with van der Waals surface area (Å²) in [6.45, 7) is 3.61. The average molecular weight is 353 g/mol. The number of ketones is 1.